The summed E-state index contributed by atoms with van der Waals surface area (Å²) in [5.74, 6) is -2.88. The maximum atomic E-state index is 13.4. The molecule has 0 fully saturated rings. The van der Waals surface area contributed by atoms with Crippen LogP contribution in [0.1, 0.15) is 10.4 Å². The Labute approximate surface area is 180 Å². The van der Waals surface area contributed by atoms with Gasteiger partial charge in [0.15, 0.2) is 11.6 Å². The van der Waals surface area contributed by atoms with Crippen LogP contribution in [0.4, 0.5) is 25.8 Å². The van der Waals surface area contributed by atoms with Crippen molar-refractivity contribution in [2.75, 3.05) is 17.1 Å². The van der Waals surface area contributed by atoms with Crippen LogP contribution >= 0.6 is 0 Å². The molecular formula is C20H15F2N3O6S. The Balaban J connectivity index is 1.90. The maximum absolute atomic E-state index is 13.4. The van der Waals surface area contributed by atoms with E-state index in [9.17, 15) is 32.1 Å². The van der Waals surface area contributed by atoms with E-state index < -0.39 is 38.2 Å². The number of methoxy groups -OCH3 is 1. The molecule has 0 radical (unpaired) electrons. The summed E-state index contributed by atoms with van der Waals surface area (Å²) in [4.78, 5) is 22.3. The van der Waals surface area contributed by atoms with Gasteiger partial charge in [0, 0.05) is 29.4 Å². The van der Waals surface area contributed by atoms with Gasteiger partial charge in [0.25, 0.3) is 21.6 Å². The molecule has 166 valence electrons. The molecule has 12 heteroatoms. The van der Waals surface area contributed by atoms with Crippen molar-refractivity contribution in [3.05, 3.63) is 88.0 Å². The molecular weight excluding hydrogens is 448 g/mol. The number of anilines is 2. The van der Waals surface area contributed by atoms with Crippen molar-refractivity contribution in [1.29, 1.82) is 0 Å². The Hall–Kier alpha value is -4.06. The minimum Gasteiger partial charge on any atom is -0.495 e. The smallest absolute Gasteiger partial charge is 0.270 e. The molecule has 0 unspecified atom stereocenters. The van der Waals surface area contributed by atoms with Gasteiger partial charge in [-0.05, 0) is 36.4 Å². The first-order valence-corrected chi connectivity index (χ1v) is 10.3. The fraction of sp³-hybridized carbons (Fsp3) is 0.0500. The molecule has 3 aromatic carbocycles. The maximum Gasteiger partial charge on any atom is 0.270 e. The van der Waals surface area contributed by atoms with E-state index in [1.54, 1.807) is 0 Å². The highest BCUT2D eigenvalue weighted by molar-refractivity contribution is 7.92. The van der Waals surface area contributed by atoms with Crippen LogP contribution in [-0.2, 0) is 10.0 Å². The second kappa shape index (κ2) is 8.98. The molecule has 9 nitrogen and oxygen atoms in total. The number of rotatable bonds is 7. The first-order chi connectivity index (χ1) is 15.1. The van der Waals surface area contributed by atoms with Gasteiger partial charge in [0.2, 0.25) is 0 Å². The van der Waals surface area contributed by atoms with Crippen molar-refractivity contribution in [1.82, 2.24) is 0 Å². The summed E-state index contributed by atoms with van der Waals surface area (Å²) < 4.78 is 59.2. The fourth-order valence-electron chi connectivity index (χ4n) is 2.67. The third-order valence-corrected chi connectivity index (χ3v) is 5.59. The van der Waals surface area contributed by atoms with Crippen LogP contribution in [0.3, 0.4) is 0 Å². The van der Waals surface area contributed by atoms with E-state index in [0.29, 0.717) is 0 Å². The Morgan fingerprint density at radius 1 is 1.03 bits per heavy atom. The average Bonchev–Trinajstić information content (AvgIpc) is 2.76. The zero-order valence-electron chi connectivity index (χ0n) is 16.3. The number of non-ortho nitro benzene ring substituents is 1. The van der Waals surface area contributed by atoms with E-state index >= 15 is 0 Å². The van der Waals surface area contributed by atoms with Crippen LogP contribution in [0.15, 0.2) is 65.6 Å². The minimum absolute atomic E-state index is 0.0107. The van der Waals surface area contributed by atoms with Crippen molar-refractivity contribution in [3.63, 3.8) is 0 Å². The quantitative estimate of drug-likeness (QED) is 0.404. The van der Waals surface area contributed by atoms with Crippen LogP contribution in [0, 0.1) is 21.7 Å². The largest absolute Gasteiger partial charge is 0.495 e. The Morgan fingerprint density at radius 2 is 1.78 bits per heavy atom. The number of benzene rings is 3. The molecule has 1 amide bonds. The van der Waals surface area contributed by atoms with Crippen molar-refractivity contribution in [3.8, 4) is 5.75 Å². The summed E-state index contributed by atoms with van der Waals surface area (Å²) in [6, 6.07) is 11.0. The monoisotopic (exact) mass is 463 g/mol. The predicted molar refractivity (Wildman–Crippen MR) is 111 cm³/mol. The number of ether oxygens (including phenoxy) is 1. The van der Waals surface area contributed by atoms with E-state index in [0.717, 1.165) is 30.3 Å². The molecule has 0 atom stereocenters. The van der Waals surface area contributed by atoms with Crippen LogP contribution in [-0.4, -0.2) is 26.4 Å². The second-order valence-corrected chi connectivity index (χ2v) is 8.04. The third-order valence-electron chi connectivity index (χ3n) is 4.22. The zero-order chi connectivity index (χ0) is 23.5. The van der Waals surface area contributed by atoms with E-state index in [1.165, 1.54) is 37.4 Å². The molecule has 0 aliphatic carbocycles. The minimum atomic E-state index is -4.27. The molecule has 3 aromatic rings. The van der Waals surface area contributed by atoms with Gasteiger partial charge in [-0.1, -0.05) is 6.07 Å². The van der Waals surface area contributed by atoms with Crippen molar-refractivity contribution >= 4 is 33.0 Å². The highest BCUT2D eigenvalue weighted by Crippen LogP contribution is 2.29. The topological polar surface area (TPSA) is 128 Å². The number of carbonyl (C=O) groups is 1. The molecule has 0 saturated carbocycles. The first-order valence-electron chi connectivity index (χ1n) is 8.82. The molecule has 0 heterocycles. The van der Waals surface area contributed by atoms with Crippen LogP contribution in [0.5, 0.6) is 5.75 Å². The molecule has 0 bridgehead atoms. The van der Waals surface area contributed by atoms with E-state index in [-0.39, 0.29) is 27.6 Å². The fourth-order valence-corrected chi connectivity index (χ4v) is 3.77. The second-order valence-electron chi connectivity index (χ2n) is 6.36. The van der Waals surface area contributed by atoms with Crippen molar-refractivity contribution in [2.24, 2.45) is 0 Å². The highest BCUT2D eigenvalue weighted by atomic mass is 32.2. The van der Waals surface area contributed by atoms with Gasteiger partial charge in [0.05, 0.1) is 22.6 Å². The normalized spacial score (nSPS) is 11.0. The summed E-state index contributed by atoms with van der Waals surface area (Å²) >= 11 is 0. The van der Waals surface area contributed by atoms with Gasteiger partial charge in [-0.25, -0.2) is 17.2 Å². The molecule has 0 saturated heterocycles. The van der Waals surface area contributed by atoms with Crippen LogP contribution in [0.25, 0.3) is 0 Å². The summed E-state index contributed by atoms with van der Waals surface area (Å²) in [6.45, 7) is 0. The predicted octanol–water partition coefficient (Wildman–Crippen LogP) is 3.93. The van der Waals surface area contributed by atoms with Crippen LogP contribution in [0.2, 0.25) is 0 Å². The summed E-state index contributed by atoms with van der Waals surface area (Å²) in [5.41, 5.74) is -0.563. The van der Waals surface area contributed by atoms with Crippen molar-refractivity contribution in [2.45, 2.75) is 4.90 Å². The highest BCUT2D eigenvalue weighted by Gasteiger charge is 2.21. The number of hydrogen-bond acceptors (Lipinski definition) is 6. The number of nitrogens with one attached hydrogen (secondary N) is 2. The van der Waals surface area contributed by atoms with Gasteiger partial charge < -0.3 is 10.1 Å². The molecule has 0 aliphatic rings. The summed E-state index contributed by atoms with van der Waals surface area (Å²) in [7, 11) is -2.99. The Bertz CT molecular complexity index is 1310. The zero-order valence-corrected chi connectivity index (χ0v) is 17.2. The van der Waals surface area contributed by atoms with Gasteiger partial charge in [-0.3, -0.25) is 19.6 Å². The lowest BCUT2D eigenvalue weighted by Gasteiger charge is -2.14. The lowest BCUT2D eigenvalue weighted by Crippen LogP contribution is -2.16. The van der Waals surface area contributed by atoms with Gasteiger partial charge in [-0.2, -0.15) is 0 Å². The van der Waals surface area contributed by atoms with Crippen LogP contribution < -0.4 is 14.8 Å². The third kappa shape index (κ3) is 4.98. The average molecular weight is 463 g/mol. The SMILES string of the molecule is COc1ccc(C(=O)Nc2ccc(F)c(F)c2)cc1NS(=O)(=O)c1cccc([N+](=O)[O-])c1. The first kappa shape index (κ1) is 22.6. The number of sulfonamides is 1. The number of halogens is 2. The van der Waals surface area contributed by atoms with E-state index in [1.807, 2.05) is 0 Å². The standard InChI is InChI=1S/C20H15F2N3O6S/c1-31-19-8-5-12(20(26)23-13-6-7-16(21)17(22)10-13)9-18(19)24-32(29,30)15-4-2-3-14(11-15)25(27)28/h2-11,24H,1H3,(H,23,26). The van der Waals surface area contributed by atoms with Crippen molar-refractivity contribution < 1.29 is 31.7 Å². The lowest BCUT2D eigenvalue weighted by molar-refractivity contribution is -0.385. The van der Waals surface area contributed by atoms with E-state index in [4.69, 9.17) is 4.74 Å². The summed E-state index contributed by atoms with van der Waals surface area (Å²) in [5, 5.41) is 13.3. The number of hydrogen-bond donors (Lipinski definition) is 2. The molecule has 2 N–H and O–H groups in total. The Kier molecular flexibility index (Phi) is 6.35. The molecule has 0 aromatic heterocycles. The number of nitro groups is 1. The summed E-state index contributed by atoms with van der Waals surface area (Å²) in [6.07, 6.45) is 0. The number of amides is 1. The Morgan fingerprint density at radius 3 is 2.44 bits per heavy atom. The van der Waals surface area contributed by atoms with Gasteiger partial charge in [0.1, 0.15) is 5.75 Å². The van der Waals surface area contributed by atoms with Gasteiger partial charge >= 0.3 is 0 Å². The molecule has 3 rings (SSSR count). The number of nitrogens with zero attached hydrogens (tertiary/aromatic N) is 1. The number of carbonyl (C=O) groups excluding carboxylic acids is 1. The molecule has 32 heavy (non-hydrogen) atoms. The molecule has 0 aliphatic heterocycles. The number of nitro benzene ring substituents is 1. The van der Waals surface area contributed by atoms with Gasteiger partial charge in [-0.15, -0.1) is 0 Å². The molecule has 0 spiro atoms. The van der Waals surface area contributed by atoms with E-state index in [2.05, 4.69) is 10.0 Å². The lowest BCUT2D eigenvalue weighted by atomic mass is 10.1.